The van der Waals surface area contributed by atoms with Crippen molar-refractivity contribution in [1.82, 2.24) is 5.32 Å². The molecule has 0 saturated carbocycles. The number of nitrogens with one attached hydrogen (secondary N) is 1. The summed E-state index contributed by atoms with van der Waals surface area (Å²) in [6.07, 6.45) is 2.03. The van der Waals surface area contributed by atoms with Crippen molar-refractivity contribution in [2.75, 3.05) is 0 Å². The van der Waals surface area contributed by atoms with Gasteiger partial charge in [0.1, 0.15) is 24.0 Å². The van der Waals surface area contributed by atoms with Crippen LogP contribution in [0, 0.1) is 0 Å². The predicted octanol–water partition coefficient (Wildman–Crippen LogP) is 2.72. The fraction of sp³-hybridized carbons (Fsp3) is 0.158. The highest BCUT2D eigenvalue weighted by atomic mass is 35.5. The van der Waals surface area contributed by atoms with Crippen LogP contribution in [-0.4, -0.2) is 10.2 Å². The monoisotopic (exact) mass is 391 g/mol. The summed E-state index contributed by atoms with van der Waals surface area (Å²) in [6.45, 7) is 1.15. The predicted molar refractivity (Wildman–Crippen MR) is 99.8 cm³/mol. The van der Waals surface area contributed by atoms with E-state index in [4.69, 9.17) is 30.6 Å². The molecule has 3 rings (SSSR count). The molecule has 7 nitrogen and oxygen atoms in total. The molecule has 142 valence electrons. The van der Waals surface area contributed by atoms with Crippen molar-refractivity contribution >= 4 is 11.6 Å². The van der Waals surface area contributed by atoms with E-state index < -0.39 is 16.6 Å². The highest BCUT2D eigenvalue weighted by molar-refractivity contribution is 6.16. The van der Waals surface area contributed by atoms with Gasteiger partial charge in [0, 0.05) is 18.7 Å². The van der Waals surface area contributed by atoms with Crippen LogP contribution < -0.4 is 16.2 Å². The van der Waals surface area contributed by atoms with Gasteiger partial charge in [0.2, 0.25) is 10.9 Å². The minimum Gasteiger partial charge on any atom is -0.502 e. The maximum Gasteiger partial charge on any atom is 0.226 e. The largest absolute Gasteiger partial charge is 0.502 e. The maximum atomic E-state index is 11.1. The molecule has 0 spiro atoms. The molecule has 27 heavy (non-hydrogen) atoms. The third-order valence-electron chi connectivity index (χ3n) is 3.34. The first-order valence-electron chi connectivity index (χ1n) is 7.91. The van der Waals surface area contributed by atoms with E-state index in [-0.39, 0.29) is 11.6 Å². The van der Waals surface area contributed by atoms with E-state index in [1.54, 1.807) is 0 Å². The lowest BCUT2D eigenvalue weighted by atomic mass is 10.2. The van der Waals surface area contributed by atoms with E-state index in [0.29, 0.717) is 24.6 Å². The van der Waals surface area contributed by atoms with E-state index >= 15 is 0 Å². The number of hydrogen-bond donors (Lipinski definition) is 3. The molecule has 3 N–H and O–H groups in total. The Kier molecular flexibility index (Phi) is 7.66. The van der Waals surface area contributed by atoms with Crippen molar-refractivity contribution in [2.24, 2.45) is 0 Å². The molecule has 0 fully saturated rings. The smallest absolute Gasteiger partial charge is 0.226 e. The Morgan fingerprint density at radius 3 is 1.96 bits per heavy atom. The summed E-state index contributed by atoms with van der Waals surface area (Å²) in [6, 6.07) is 12.4. The summed E-state index contributed by atoms with van der Waals surface area (Å²) in [7, 11) is 0. The SMILES string of the molecule is O=c1cc(CCl)occ1O.O=c1cc(CNCc2ccccc2)occ1O. The molecule has 3 aromatic rings. The quantitative estimate of drug-likeness (QED) is 0.573. The van der Waals surface area contributed by atoms with Gasteiger partial charge in [-0.3, -0.25) is 9.59 Å². The standard InChI is InChI=1S/C13H13NO3.C6H5ClO3/c15-12-6-11(17-9-13(12)16)8-14-7-10-4-2-1-3-5-10;7-2-4-1-5(8)6(9)3-10-4/h1-6,9,14,16H,7-8H2;1,3,9H,2H2. The Morgan fingerprint density at radius 2 is 1.41 bits per heavy atom. The lowest BCUT2D eigenvalue weighted by Gasteiger charge is -2.04. The Morgan fingerprint density at radius 1 is 0.852 bits per heavy atom. The number of hydrogen-bond acceptors (Lipinski definition) is 7. The highest BCUT2D eigenvalue weighted by Gasteiger charge is 2.01. The lowest BCUT2D eigenvalue weighted by Crippen LogP contribution is -2.14. The lowest BCUT2D eigenvalue weighted by molar-refractivity contribution is 0.405. The number of alkyl halides is 1. The molecule has 0 bridgehead atoms. The second-order valence-corrected chi connectivity index (χ2v) is 5.68. The Hall–Kier alpha value is -3.03. The summed E-state index contributed by atoms with van der Waals surface area (Å²) in [5.41, 5.74) is 0.267. The van der Waals surface area contributed by atoms with Crippen LogP contribution in [0.2, 0.25) is 0 Å². The molecule has 0 amide bonds. The molecule has 0 atom stereocenters. The second-order valence-electron chi connectivity index (χ2n) is 5.41. The fourth-order valence-electron chi connectivity index (χ4n) is 1.98. The van der Waals surface area contributed by atoms with E-state index in [0.717, 1.165) is 24.2 Å². The van der Waals surface area contributed by atoms with Gasteiger partial charge in [0.25, 0.3) is 0 Å². The van der Waals surface area contributed by atoms with Gasteiger partial charge < -0.3 is 24.4 Å². The average molecular weight is 392 g/mol. The van der Waals surface area contributed by atoms with Crippen LogP contribution in [0.3, 0.4) is 0 Å². The fourth-order valence-corrected chi connectivity index (χ4v) is 2.12. The Bertz CT molecular complexity index is 968. The second kappa shape index (κ2) is 10.2. The third-order valence-corrected chi connectivity index (χ3v) is 3.60. The Labute approximate surface area is 159 Å². The van der Waals surface area contributed by atoms with Gasteiger partial charge in [-0.05, 0) is 5.56 Å². The summed E-state index contributed by atoms with van der Waals surface area (Å²) in [5.74, 6) is 0.231. The van der Waals surface area contributed by atoms with E-state index in [9.17, 15) is 9.59 Å². The number of halogens is 1. The maximum absolute atomic E-state index is 11.1. The van der Waals surface area contributed by atoms with Gasteiger partial charge in [-0.2, -0.15) is 0 Å². The van der Waals surface area contributed by atoms with E-state index in [1.165, 1.54) is 6.07 Å². The minimum absolute atomic E-state index is 0.134. The van der Waals surface area contributed by atoms with Crippen molar-refractivity contribution < 1.29 is 19.0 Å². The molecule has 0 aliphatic rings. The zero-order valence-corrected chi connectivity index (χ0v) is 15.0. The molecule has 0 aliphatic carbocycles. The van der Waals surface area contributed by atoms with Crippen molar-refractivity contribution in [1.29, 1.82) is 0 Å². The number of aromatic hydroxyl groups is 2. The summed E-state index contributed by atoms with van der Waals surface area (Å²) < 4.78 is 9.77. The molecule has 0 saturated heterocycles. The molecular weight excluding hydrogens is 374 g/mol. The van der Waals surface area contributed by atoms with Crippen LogP contribution in [0.15, 0.2) is 73.4 Å². The van der Waals surface area contributed by atoms with Crippen LogP contribution in [0.4, 0.5) is 0 Å². The molecule has 0 radical (unpaired) electrons. The minimum atomic E-state index is -0.470. The van der Waals surface area contributed by atoms with Crippen LogP contribution in [-0.2, 0) is 19.0 Å². The third kappa shape index (κ3) is 6.65. The number of benzene rings is 1. The average Bonchev–Trinajstić information content (AvgIpc) is 2.68. The van der Waals surface area contributed by atoms with Crippen molar-refractivity contribution in [3.63, 3.8) is 0 Å². The first kappa shape index (κ1) is 20.3. The molecule has 0 unspecified atom stereocenters. The van der Waals surface area contributed by atoms with Crippen LogP contribution in [0.1, 0.15) is 17.1 Å². The molecule has 2 heterocycles. The molecule has 0 aliphatic heterocycles. The first-order chi connectivity index (χ1) is 13.0. The molecule has 8 heteroatoms. The highest BCUT2D eigenvalue weighted by Crippen LogP contribution is 2.05. The first-order valence-corrected chi connectivity index (χ1v) is 8.45. The Balaban J connectivity index is 0.000000223. The van der Waals surface area contributed by atoms with Crippen molar-refractivity contribution in [3.8, 4) is 11.5 Å². The zero-order valence-electron chi connectivity index (χ0n) is 14.2. The zero-order chi connectivity index (χ0) is 19.6. The van der Waals surface area contributed by atoms with Gasteiger partial charge in [-0.15, -0.1) is 11.6 Å². The van der Waals surface area contributed by atoms with Gasteiger partial charge >= 0.3 is 0 Å². The summed E-state index contributed by atoms with van der Waals surface area (Å²) in [4.78, 5) is 21.8. The van der Waals surface area contributed by atoms with E-state index in [1.807, 2.05) is 30.3 Å². The van der Waals surface area contributed by atoms with Crippen LogP contribution >= 0.6 is 11.6 Å². The van der Waals surface area contributed by atoms with Gasteiger partial charge in [0.15, 0.2) is 11.5 Å². The van der Waals surface area contributed by atoms with Gasteiger partial charge in [0.05, 0.1) is 12.4 Å². The van der Waals surface area contributed by atoms with Crippen LogP contribution in [0.25, 0.3) is 0 Å². The number of rotatable bonds is 5. The van der Waals surface area contributed by atoms with Crippen molar-refractivity contribution in [3.05, 3.63) is 92.5 Å². The normalized spacial score (nSPS) is 10.1. The van der Waals surface area contributed by atoms with E-state index in [2.05, 4.69) is 5.32 Å². The van der Waals surface area contributed by atoms with Crippen molar-refractivity contribution in [2.45, 2.75) is 19.0 Å². The molecular formula is C19H18ClNO6. The van der Waals surface area contributed by atoms with Gasteiger partial charge in [-0.25, -0.2) is 0 Å². The molecule has 2 aromatic heterocycles. The summed E-state index contributed by atoms with van der Waals surface area (Å²) in [5, 5.41) is 20.9. The summed E-state index contributed by atoms with van der Waals surface area (Å²) >= 11 is 5.34. The topological polar surface area (TPSA) is 113 Å². The molecule has 1 aromatic carbocycles. The van der Waals surface area contributed by atoms with Crippen LogP contribution in [0.5, 0.6) is 11.5 Å². The van der Waals surface area contributed by atoms with Gasteiger partial charge in [-0.1, -0.05) is 30.3 Å².